The minimum Gasteiger partial charge on any atom is -0.492 e. The van der Waals surface area contributed by atoms with Gasteiger partial charge in [0.15, 0.2) is 5.96 Å². The lowest BCUT2D eigenvalue weighted by Gasteiger charge is -2.38. The molecule has 1 spiro atoms. The van der Waals surface area contributed by atoms with E-state index < -0.39 is 0 Å². The van der Waals surface area contributed by atoms with E-state index in [-0.39, 0.29) is 24.0 Å². The van der Waals surface area contributed by atoms with Gasteiger partial charge in [-0.2, -0.15) is 0 Å². The van der Waals surface area contributed by atoms with E-state index in [1.807, 2.05) is 6.07 Å². The summed E-state index contributed by atoms with van der Waals surface area (Å²) in [7, 11) is 0. The van der Waals surface area contributed by atoms with E-state index >= 15 is 0 Å². The number of benzene rings is 1. The number of rotatable bonds is 7. The Hall–Kier alpha value is -1.06. The molecule has 1 N–H and O–H groups in total. The molecule has 0 amide bonds. The van der Waals surface area contributed by atoms with Crippen LogP contribution in [0.1, 0.15) is 38.2 Å². The van der Waals surface area contributed by atoms with Crippen molar-refractivity contribution in [1.29, 1.82) is 0 Å². The molecule has 1 aromatic rings. The molecule has 0 atom stereocenters. The molecule has 2 heterocycles. The topological polar surface area (TPSA) is 49.3 Å². The van der Waals surface area contributed by atoms with Crippen LogP contribution >= 0.6 is 24.0 Å². The zero-order valence-corrected chi connectivity index (χ0v) is 20.6. The fourth-order valence-corrected chi connectivity index (χ4v) is 4.67. The zero-order chi connectivity index (χ0) is 19.9. The van der Waals surface area contributed by atoms with Gasteiger partial charge in [0.05, 0.1) is 19.8 Å². The summed E-state index contributed by atoms with van der Waals surface area (Å²) in [6.07, 6.45) is 5.50. The van der Waals surface area contributed by atoms with Crippen LogP contribution in [0.15, 0.2) is 29.3 Å². The van der Waals surface area contributed by atoms with Crippen molar-refractivity contribution < 1.29 is 9.47 Å². The summed E-state index contributed by atoms with van der Waals surface area (Å²) in [6.45, 7) is 11.3. The Morgan fingerprint density at radius 2 is 1.97 bits per heavy atom. The van der Waals surface area contributed by atoms with Gasteiger partial charge in [-0.3, -0.25) is 4.90 Å². The minimum atomic E-state index is 0. The average molecular weight is 528 g/mol. The predicted octanol–water partition coefficient (Wildman–Crippen LogP) is 3.36. The smallest absolute Gasteiger partial charge is 0.194 e. The van der Waals surface area contributed by atoms with Gasteiger partial charge in [0.2, 0.25) is 0 Å². The molecule has 3 fully saturated rings. The number of nitrogens with one attached hydrogen (secondary N) is 1. The summed E-state index contributed by atoms with van der Waals surface area (Å²) < 4.78 is 11.5. The quantitative estimate of drug-likeness (QED) is 0.334. The van der Waals surface area contributed by atoms with Gasteiger partial charge < -0.3 is 19.7 Å². The van der Waals surface area contributed by atoms with Gasteiger partial charge in [-0.25, -0.2) is 4.99 Å². The average Bonchev–Trinajstić information content (AvgIpc) is 3.19. The van der Waals surface area contributed by atoms with Crippen LogP contribution in [0.25, 0.3) is 0 Å². The van der Waals surface area contributed by atoms with Crippen LogP contribution in [0.3, 0.4) is 0 Å². The normalized spacial score (nSPS) is 21.2. The molecule has 0 bridgehead atoms. The molecule has 0 radical (unpaired) electrons. The van der Waals surface area contributed by atoms with Crippen LogP contribution in [0, 0.1) is 5.41 Å². The van der Waals surface area contributed by atoms with Crippen LogP contribution in [-0.4, -0.2) is 74.8 Å². The Bertz CT molecular complexity index is 690. The highest BCUT2D eigenvalue weighted by molar-refractivity contribution is 14.0. The maximum Gasteiger partial charge on any atom is 0.194 e. The van der Waals surface area contributed by atoms with E-state index in [9.17, 15) is 0 Å². The van der Waals surface area contributed by atoms with Crippen molar-refractivity contribution in [2.24, 2.45) is 10.4 Å². The van der Waals surface area contributed by atoms with Crippen LogP contribution in [-0.2, 0) is 11.3 Å². The van der Waals surface area contributed by atoms with Crippen LogP contribution in [0.5, 0.6) is 5.75 Å². The molecule has 0 unspecified atom stereocenters. The van der Waals surface area contributed by atoms with Gasteiger partial charge in [-0.1, -0.05) is 24.6 Å². The van der Waals surface area contributed by atoms with E-state index in [1.54, 1.807) is 0 Å². The molecule has 1 saturated carbocycles. The summed E-state index contributed by atoms with van der Waals surface area (Å²) in [4.78, 5) is 9.84. The van der Waals surface area contributed by atoms with Crippen LogP contribution in [0.2, 0.25) is 0 Å². The molecule has 168 valence electrons. The molecule has 6 nitrogen and oxygen atoms in total. The van der Waals surface area contributed by atoms with Gasteiger partial charge in [0.25, 0.3) is 0 Å². The number of nitrogens with zero attached hydrogens (tertiary/aromatic N) is 3. The first-order valence-electron chi connectivity index (χ1n) is 11.3. The van der Waals surface area contributed by atoms with Crippen LogP contribution in [0.4, 0.5) is 0 Å². The minimum absolute atomic E-state index is 0. The molecule has 3 aliphatic rings. The molecule has 30 heavy (non-hydrogen) atoms. The SMILES string of the molecule is CCNC(=NCc1ccccc1OCCN1CCOCC1)N1CCC2(CCC2)C1.I. The Kier molecular flexibility index (Phi) is 9.07. The zero-order valence-electron chi connectivity index (χ0n) is 18.3. The number of hydrogen-bond acceptors (Lipinski definition) is 4. The molecule has 7 heteroatoms. The Labute approximate surface area is 198 Å². The molecule has 4 rings (SSSR count). The summed E-state index contributed by atoms with van der Waals surface area (Å²) in [5.41, 5.74) is 1.74. The van der Waals surface area contributed by atoms with Crippen molar-refractivity contribution in [3.63, 3.8) is 0 Å². The lowest BCUT2D eigenvalue weighted by atomic mass is 9.68. The predicted molar refractivity (Wildman–Crippen MR) is 132 cm³/mol. The molecular weight excluding hydrogens is 491 g/mol. The standard InChI is InChI=1S/C23H36N4O2.HI/c1-2-24-22(27-11-10-23(19-27)8-5-9-23)25-18-20-6-3-4-7-21(20)29-17-14-26-12-15-28-16-13-26;/h3-4,6-7H,2,5,8-19H2,1H3,(H,24,25);1H. The van der Waals surface area contributed by atoms with E-state index in [0.29, 0.717) is 18.6 Å². The largest absolute Gasteiger partial charge is 0.492 e. The third-order valence-electron chi connectivity index (χ3n) is 6.63. The summed E-state index contributed by atoms with van der Waals surface area (Å²) in [5.74, 6) is 2.01. The van der Waals surface area contributed by atoms with E-state index in [4.69, 9.17) is 14.5 Å². The first-order chi connectivity index (χ1) is 14.3. The number of likely N-dealkylation sites (tertiary alicyclic amines) is 1. The molecule has 2 saturated heterocycles. The maximum absolute atomic E-state index is 6.13. The monoisotopic (exact) mass is 528 g/mol. The van der Waals surface area contributed by atoms with Crippen molar-refractivity contribution in [3.05, 3.63) is 29.8 Å². The fraction of sp³-hybridized carbons (Fsp3) is 0.696. The van der Waals surface area contributed by atoms with Crippen molar-refractivity contribution in [2.45, 2.75) is 39.2 Å². The number of aliphatic imine (C=N–C) groups is 1. The first kappa shape index (κ1) is 23.6. The van der Waals surface area contributed by atoms with Crippen molar-refractivity contribution >= 4 is 29.9 Å². The number of guanidine groups is 1. The lowest BCUT2D eigenvalue weighted by molar-refractivity contribution is 0.0322. The van der Waals surface area contributed by atoms with Gasteiger partial charge in [-0.05, 0) is 37.7 Å². The van der Waals surface area contributed by atoms with Crippen molar-refractivity contribution in [3.8, 4) is 5.75 Å². The number of para-hydroxylation sites is 1. The maximum atomic E-state index is 6.13. The highest BCUT2D eigenvalue weighted by atomic mass is 127. The molecule has 0 aromatic heterocycles. The number of ether oxygens (including phenoxy) is 2. The second kappa shape index (κ2) is 11.5. The highest BCUT2D eigenvalue weighted by Gasteiger charge is 2.43. The van der Waals surface area contributed by atoms with E-state index in [2.05, 4.69) is 40.2 Å². The number of morpholine rings is 1. The molecular formula is C23H37IN4O2. The number of hydrogen-bond donors (Lipinski definition) is 1. The Morgan fingerprint density at radius 3 is 2.67 bits per heavy atom. The van der Waals surface area contributed by atoms with Gasteiger partial charge in [0.1, 0.15) is 12.4 Å². The van der Waals surface area contributed by atoms with E-state index in [1.165, 1.54) is 25.7 Å². The van der Waals surface area contributed by atoms with Crippen LogP contribution < -0.4 is 10.1 Å². The lowest BCUT2D eigenvalue weighted by Crippen LogP contribution is -2.42. The fourth-order valence-electron chi connectivity index (χ4n) is 4.67. The van der Waals surface area contributed by atoms with Gasteiger partial charge in [0, 0.05) is 44.8 Å². The summed E-state index contributed by atoms with van der Waals surface area (Å²) in [6, 6.07) is 8.32. The first-order valence-corrected chi connectivity index (χ1v) is 11.3. The highest BCUT2D eigenvalue weighted by Crippen LogP contribution is 2.47. The van der Waals surface area contributed by atoms with Gasteiger partial charge in [-0.15, -0.1) is 24.0 Å². The second-order valence-corrected chi connectivity index (χ2v) is 8.61. The molecule has 1 aromatic carbocycles. The number of halogens is 1. The Morgan fingerprint density at radius 1 is 1.17 bits per heavy atom. The molecule has 1 aliphatic carbocycles. The Balaban J connectivity index is 0.00000256. The van der Waals surface area contributed by atoms with Crippen molar-refractivity contribution in [1.82, 2.24) is 15.1 Å². The second-order valence-electron chi connectivity index (χ2n) is 8.61. The van der Waals surface area contributed by atoms with E-state index in [0.717, 1.165) is 69.8 Å². The third-order valence-corrected chi connectivity index (χ3v) is 6.63. The third kappa shape index (κ3) is 6.01. The summed E-state index contributed by atoms with van der Waals surface area (Å²) >= 11 is 0. The van der Waals surface area contributed by atoms with Gasteiger partial charge >= 0.3 is 0 Å². The van der Waals surface area contributed by atoms with Crippen molar-refractivity contribution in [2.75, 3.05) is 59.1 Å². The summed E-state index contributed by atoms with van der Waals surface area (Å²) in [5, 5.41) is 3.50. The molecule has 2 aliphatic heterocycles.